The molecule has 1 aromatic heterocycles. The van der Waals surface area contributed by atoms with Gasteiger partial charge in [0.25, 0.3) is 0 Å². The van der Waals surface area contributed by atoms with Gasteiger partial charge in [0.1, 0.15) is 10.0 Å². The first-order valence-electron chi connectivity index (χ1n) is 5.99. The standard InChI is InChI=1S/C13H16BrN3OS/c1-9-3-4-10(11(14)7-9)13-17-16-12(19-13)8-15-5-6-18-2/h3-4,7,15H,5-6,8H2,1-2H3. The number of methoxy groups -OCH3 is 1. The second kappa shape index (κ2) is 7.09. The SMILES string of the molecule is COCCNCc1nnc(-c2ccc(C)cc2Br)s1. The Morgan fingerprint density at radius 1 is 1.37 bits per heavy atom. The van der Waals surface area contributed by atoms with Gasteiger partial charge in [0.05, 0.1) is 6.61 Å². The zero-order valence-electron chi connectivity index (χ0n) is 10.9. The summed E-state index contributed by atoms with van der Waals surface area (Å²) < 4.78 is 6.04. The van der Waals surface area contributed by atoms with E-state index in [1.165, 1.54) is 5.56 Å². The molecule has 0 atom stereocenters. The van der Waals surface area contributed by atoms with Crippen molar-refractivity contribution in [1.29, 1.82) is 0 Å². The van der Waals surface area contributed by atoms with Gasteiger partial charge in [0.15, 0.2) is 0 Å². The van der Waals surface area contributed by atoms with Gasteiger partial charge in [0.2, 0.25) is 0 Å². The highest BCUT2D eigenvalue weighted by Gasteiger charge is 2.09. The van der Waals surface area contributed by atoms with E-state index in [9.17, 15) is 0 Å². The molecule has 102 valence electrons. The lowest BCUT2D eigenvalue weighted by molar-refractivity contribution is 0.199. The van der Waals surface area contributed by atoms with Crippen molar-refractivity contribution in [3.63, 3.8) is 0 Å². The van der Waals surface area contributed by atoms with Crippen molar-refractivity contribution in [3.8, 4) is 10.6 Å². The Balaban J connectivity index is 2.04. The normalized spacial score (nSPS) is 10.9. The van der Waals surface area contributed by atoms with E-state index in [2.05, 4.69) is 56.6 Å². The molecule has 0 aliphatic rings. The molecule has 0 bridgehead atoms. The van der Waals surface area contributed by atoms with Gasteiger partial charge in [-0.25, -0.2) is 0 Å². The summed E-state index contributed by atoms with van der Waals surface area (Å²) in [7, 11) is 1.69. The second-order valence-electron chi connectivity index (χ2n) is 4.15. The van der Waals surface area contributed by atoms with Gasteiger partial charge in [-0.2, -0.15) is 0 Å². The first-order valence-corrected chi connectivity index (χ1v) is 7.60. The molecule has 0 saturated carbocycles. The average molecular weight is 342 g/mol. The third-order valence-electron chi connectivity index (χ3n) is 2.58. The van der Waals surface area contributed by atoms with Crippen LogP contribution in [0.3, 0.4) is 0 Å². The molecule has 1 aromatic carbocycles. The van der Waals surface area contributed by atoms with Crippen LogP contribution in [-0.4, -0.2) is 30.5 Å². The van der Waals surface area contributed by atoms with Gasteiger partial charge in [-0.15, -0.1) is 10.2 Å². The Morgan fingerprint density at radius 3 is 2.95 bits per heavy atom. The minimum Gasteiger partial charge on any atom is -0.383 e. The monoisotopic (exact) mass is 341 g/mol. The number of benzene rings is 1. The molecule has 0 saturated heterocycles. The number of ether oxygens (including phenoxy) is 1. The lowest BCUT2D eigenvalue weighted by atomic mass is 10.2. The quantitative estimate of drug-likeness (QED) is 0.820. The van der Waals surface area contributed by atoms with Crippen molar-refractivity contribution in [3.05, 3.63) is 33.2 Å². The van der Waals surface area contributed by atoms with Gasteiger partial charge < -0.3 is 10.1 Å². The number of hydrogen-bond acceptors (Lipinski definition) is 5. The average Bonchev–Trinajstić information content (AvgIpc) is 2.83. The summed E-state index contributed by atoms with van der Waals surface area (Å²) in [6.07, 6.45) is 0. The predicted molar refractivity (Wildman–Crippen MR) is 81.4 cm³/mol. The molecule has 0 fully saturated rings. The van der Waals surface area contributed by atoms with Crippen molar-refractivity contribution in [2.75, 3.05) is 20.3 Å². The highest BCUT2D eigenvalue weighted by atomic mass is 79.9. The van der Waals surface area contributed by atoms with Crippen LogP contribution in [0.4, 0.5) is 0 Å². The van der Waals surface area contributed by atoms with Crippen molar-refractivity contribution in [2.24, 2.45) is 0 Å². The van der Waals surface area contributed by atoms with Crippen LogP contribution in [0.1, 0.15) is 10.6 Å². The van der Waals surface area contributed by atoms with Crippen LogP contribution < -0.4 is 5.32 Å². The second-order valence-corrected chi connectivity index (χ2v) is 6.07. The highest BCUT2D eigenvalue weighted by Crippen LogP contribution is 2.31. The summed E-state index contributed by atoms with van der Waals surface area (Å²) in [5.41, 5.74) is 2.31. The largest absolute Gasteiger partial charge is 0.383 e. The van der Waals surface area contributed by atoms with E-state index in [4.69, 9.17) is 4.74 Å². The first kappa shape index (κ1) is 14.6. The fourth-order valence-electron chi connectivity index (χ4n) is 1.60. The Bertz CT molecular complexity index is 544. The molecule has 1 N–H and O–H groups in total. The Labute approximate surface area is 125 Å². The number of halogens is 1. The molecule has 0 amide bonds. The molecule has 6 heteroatoms. The van der Waals surface area contributed by atoms with Crippen LogP contribution in [0.15, 0.2) is 22.7 Å². The van der Waals surface area contributed by atoms with Crippen LogP contribution in [-0.2, 0) is 11.3 Å². The zero-order chi connectivity index (χ0) is 13.7. The van der Waals surface area contributed by atoms with Crippen molar-refractivity contribution >= 4 is 27.3 Å². The molecular weight excluding hydrogens is 326 g/mol. The van der Waals surface area contributed by atoms with E-state index in [1.807, 2.05) is 0 Å². The minimum absolute atomic E-state index is 0.704. The molecule has 0 spiro atoms. The van der Waals surface area contributed by atoms with Gasteiger partial charge in [-0.05, 0) is 18.6 Å². The maximum Gasteiger partial charge on any atom is 0.148 e. The minimum atomic E-state index is 0.704. The molecule has 0 unspecified atom stereocenters. The molecular formula is C13H16BrN3OS. The fraction of sp³-hybridized carbons (Fsp3) is 0.385. The highest BCUT2D eigenvalue weighted by molar-refractivity contribution is 9.10. The first-order chi connectivity index (χ1) is 9.20. The third-order valence-corrected chi connectivity index (χ3v) is 4.19. The van der Waals surface area contributed by atoms with E-state index in [1.54, 1.807) is 18.4 Å². The summed E-state index contributed by atoms with van der Waals surface area (Å²) in [6.45, 7) is 4.32. The molecule has 0 aliphatic heterocycles. The molecule has 0 radical (unpaired) electrons. The van der Waals surface area contributed by atoms with E-state index in [0.29, 0.717) is 6.61 Å². The van der Waals surface area contributed by atoms with E-state index in [-0.39, 0.29) is 0 Å². The molecule has 4 nitrogen and oxygen atoms in total. The molecule has 1 heterocycles. The molecule has 0 aliphatic carbocycles. The van der Waals surface area contributed by atoms with Gasteiger partial charge in [0, 0.05) is 30.2 Å². The van der Waals surface area contributed by atoms with E-state index >= 15 is 0 Å². The number of aryl methyl sites for hydroxylation is 1. The molecule has 2 rings (SSSR count). The number of hydrogen-bond donors (Lipinski definition) is 1. The third kappa shape index (κ3) is 4.07. The number of nitrogens with zero attached hydrogens (tertiary/aromatic N) is 2. The summed E-state index contributed by atoms with van der Waals surface area (Å²) in [4.78, 5) is 0. The summed E-state index contributed by atoms with van der Waals surface area (Å²) in [5, 5.41) is 13.6. The Morgan fingerprint density at radius 2 is 2.21 bits per heavy atom. The van der Waals surface area contributed by atoms with Crippen LogP contribution in [0.5, 0.6) is 0 Å². The van der Waals surface area contributed by atoms with Crippen LogP contribution in [0, 0.1) is 6.92 Å². The predicted octanol–water partition coefficient (Wildman–Crippen LogP) is 3.01. The summed E-state index contributed by atoms with van der Waals surface area (Å²) in [5.74, 6) is 0. The van der Waals surface area contributed by atoms with Crippen LogP contribution in [0.2, 0.25) is 0 Å². The molecule has 19 heavy (non-hydrogen) atoms. The topological polar surface area (TPSA) is 47.0 Å². The smallest absolute Gasteiger partial charge is 0.148 e. The summed E-state index contributed by atoms with van der Waals surface area (Å²) >= 11 is 5.18. The van der Waals surface area contributed by atoms with Crippen molar-refractivity contribution in [1.82, 2.24) is 15.5 Å². The Kier molecular flexibility index (Phi) is 5.45. The lowest BCUT2D eigenvalue weighted by Gasteiger charge is -2.01. The van der Waals surface area contributed by atoms with Gasteiger partial charge >= 0.3 is 0 Å². The van der Waals surface area contributed by atoms with E-state index < -0.39 is 0 Å². The number of aromatic nitrogens is 2. The molecule has 2 aromatic rings. The van der Waals surface area contributed by atoms with E-state index in [0.717, 1.165) is 33.1 Å². The summed E-state index contributed by atoms with van der Waals surface area (Å²) in [6, 6.07) is 6.24. The van der Waals surface area contributed by atoms with Crippen molar-refractivity contribution in [2.45, 2.75) is 13.5 Å². The van der Waals surface area contributed by atoms with Crippen LogP contribution >= 0.6 is 27.3 Å². The number of nitrogens with one attached hydrogen (secondary N) is 1. The maximum absolute atomic E-state index is 4.98. The fourth-order valence-corrected chi connectivity index (χ4v) is 3.26. The maximum atomic E-state index is 4.98. The van der Waals surface area contributed by atoms with Crippen LogP contribution in [0.25, 0.3) is 10.6 Å². The lowest BCUT2D eigenvalue weighted by Crippen LogP contribution is -2.18. The van der Waals surface area contributed by atoms with Gasteiger partial charge in [-0.1, -0.05) is 39.4 Å². The van der Waals surface area contributed by atoms with Gasteiger partial charge in [-0.3, -0.25) is 0 Å². The zero-order valence-corrected chi connectivity index (χ0v) is 13.3. The number of rotatable bonds is 6. The Hall–Kier alpha value is -0.820. The van der Waals surface area contributed by atoms with Crippen molar-refractivity contribution < 1.29 is 4.74 Å².